The number of hydrogen-bond acceptors (Lipinski definition) is 5. The molecule has 0 bridgehead atoms. The molecule has 136 valence electrons. The van der Waals surface area contributed by atoms with Crippen LogP contribution in [0.1, 0.15) is 17.7 Å². The van der Waals surface area contributed by atoms with Gasteiger partial charge in [0, 0.05) is 28.2 Å². The molecule has 0 spiro atoms. The molecular formula is C16H16F2O4S3. The van der Waals surface area contributed by atoms with Crippen LogP contribution in [-0.2, 0) is 19.7 Å². The van der Waals surface area contributed by atoms with Crippen LogP contribution < -0.4 is 0 Å². The molecule has 1 atom stereocenters. The third-order valence-electron chi connectivity index (χ3n) is 3.45. The van der Waals surface area contributed by atoms with Crippen molar-refractivity contribution in [3.63, 3.8) is 0 Å². The molecule has 2 rings (SSSR count). The number of thioether (sulfide) groups is 1. The van der Waals surface area contributed by atoms with Crippen molar-refractivity contribution in [1.29, 1.82) is 0 Å². The third-order valence-corrected chi connectivity index (χ3v) is 7.03. The summed E-state index contributed by atoms with van der Waals surface area (Å²) in [6.07, 6.45) is 1.92. The fourth-order valence-corrected chi connectivity index (χ4v) is 5.39. The molecule has 2 aromatic rings. The van der Waals surface area contributed by atoms with Crippen molar-refractivity contribution in [1.82, 2.24) is 0 Å². The average molecular weight is 406 g/mol. The Balaban J connectivity index is 2.53. The molecule has 9 heteroatoms. The van der Waals surface area contributed by atoms with E-state index >= 15 is 0 Å². The predicted octanol–water partition coefficient (Wildman–Crippen LogP) is 3.63. The van der Waals surface area contributed by atoms with Gasteiger partial charge in [-0.3, -0.25) is 0 Å². The van der Waals surface area contributed by atoms with Gasteiger partial charge >= 0.3 is 0 Å². The number of rotatable bonds is 5. The van der Waals surface area contributed by atoms with E-state index < -0.39 is 36.6 Å². The third kappa shape index (κ3) is 4.59. The maximum atomic E-state index is 13.9. The highest BCUT2D eigenvalue weighted by Crippen LogP contribution is 2.40. The Hall–Kier alpha value is -1.45. The van der Waals surface area contributed by atoms with Crippen molar-refractivity contribution >= 4 is 31.4 Å². The fourth-order valence-electron chi connectivity index (χ4n) is 2.25. The van der Waals surface area contributed by atoms with Crippen molar-refractivity contribution in [3.05, 3.63) is 53.6 Å². The van der Waals surface area contributed by atoms with Gasteiger partial charge in [0.25, 0.3) is 0 Å². The van der Waals surface area contributed by atoms with Gasteiger partial charge in [-0.05, 0) is 37.3 Å². The zero-order chi connectivity index (χ0) is 19.0. The van der Waals surface area contributed by atoms with E-state index in [-0.39, 0.29) is 20.2 Å². The van der Waals surface area contributed by atoms with Crippen LogP contribution in [0.4, 0.5) is 8.78 Å². The minimum atomic E-state index is -3.74. The second-order valence-corrected chi connectivity index (χ2v) is 10.9. The highest BCUT2D eigenvalue weighted by Gasteiger charge is 2.22. The van der Waals surface area contributed by atoms with Crippen LogP contribution in [0.25, 0.3) is 0 Å². The fraction of sp³-hybridized carbons (Fsp3) is 0.250. The lowest BCUT2D eigenvalue weighted by molar-refractivity contribution is 0.557. The lowest BCUT2D eigenvalue weighted by Crippen LogP contribution is -2.05. The van der Waals surface area contributed by atoms with Crippen molar-refractivity contribution < 1.29 is 25.6 Å². The van der Waals surface area contributed by atoms with Crippen LogP contribution in [-0.4, -0.2) is 29.3 Å². The zero-order valence-corrected chi connectivity index (χ0v) is 16.1. The molecule has 0 aliphatic rings. The highest BCUT2D eigenvalue weighted by molar-refractivity contribution is 8.00. The van der Waals surface area contributed by atoms with E-state index in [0.29, 0.717) is 0 Å². The smallest absolute Gasteiger partial charge is 0.176 e. The molecule has 0 saturated heterocycles. The summed E-state index contributed by atoms with van der Waals surface area (Å²) in [6.45, 7) is 1.54. The van der Waals surface area contributed by atoms with E-state index in [1.165, 1.54) is 18.2 Å². The Morgan fingerprint density at radius 2 is 1.48 bits per heavy atom. The summed E-state index contributed by atoms with van der Waals surface area (Å²) >= 11 is 0.944. The van der Waals surface area contributed by atoms with Crippen LogP contribution in [0, 0.1) is 11.6 Å². The van der Waals surface area contributed by atoms with Gasteiger partial charge in [-0.25, -0.2) is 25.6 Å². The van der Waals surface area contributed by atoms with Crippen molar-refractivity contribution in [2.75, 3.05) is 12.5 Å². The summed E-state index contributed by atoms with van der Waals surface area (Å²) in [6, 6.07) is 7.18. The normalized spacial score (nSPS) is 13.6. The quantitative estimate of drug-likeness (QED) is 0.710. The number of benzene rings is 2. The monoisotopic (exact) mass is 406 g/mol. The number of sulfone groups is 2. The minimum absolute atomic E-state index is 0.137. The first-order chi connectivity index (χ1) is 11.4. The summed E-state index contributed by atoms with van der Waals surface area (Å²) in [5, 5.41) is -0.717. The number of halogens is 2. The van der Waals surface area contributed by atoms with Crippen molar-refractivity contribution in [2.24, 2.45) is 0 Å². The first kappa shape index (κ1) is 19.9. The molecule has 0 aromatic heterocycles. The summed E-state index contributed by atoms with van der Waals surface area (Å²) in [4.78, 5) is -0.101. The molecule has 0 saturated carbocycles. The topological polar surface area (TPSA) is 68.3 Å². The summed E-state index contributed by atoms with van der Waals surface area (Å²) in [5.74, 6) is -1.46. The predicted molar refractivity (Wildman–Crippen MR) is 93.3 cm³/mol. The molecule has 4 nitrogen and oxygen atoms in total. The largest absolute Gasteiger partial charge is 0.224 e. The van der Waals surface area contributed by atoms with Crippen LogP contribution >= 0.6 is 11.8 Å². The maximum Gasteiger partial charge on any atom is 0.176 e. The molecule has 0 fully saturated rings. The lowest BCUT2D eigenvalue weighted by Gasteiger charge is -2.16. The van der Waals surface area contributed by atoms with E-state index in [0.717, 1.165) is 42.5 Å². The minimum Gasteiger partial charge on any atom is -0.224 e. The van der Waals surface area contributed by atoms with Gasteiger partial charge in [0.1, 0.15) is 11.6 Å². The van der Waals surface area contributed by atoms with E-state index in [1.54, 1.807) is 6.92 Å². The van der Waals surface area contributed by atoms with Crippen molar-refractivity contribution in [2.45, 2.75) is 26.9 Å². The Kier molecular flexibility index (Phi) is 5.60. The molecule has 0 aliphatic heterocycles. The van der Waals surface area contributed by atoms with Gasteiger partial charge in [0.2, 0.25) is 0 Å². The molecule has 0 heterocycles. The van der Waals surface area contributed by atoms with Crippen molar-refractivity contribution in [3.8, 4) is 0 Å². The van der Waals surface area contributed by atoms with Gasteiger partial charge in [0.15, 0.2) is 19.7 Å². The molecular weight excluding hydrogens is 390 g/mol. The highest BCUT2D eigenvalue weighted by atomic mass is 32.2. The molecule has 0 unspecified atom stereocenters. The second-order valence-electron chi connectivity index (χ2n) is 5.55. The SMILES string of the molecule is C[C@H](Sc1ccc(S(C)(=O)=O)cc1S(C)(=O)=O)c1c(F)cccc1F. The lowest BCUT2D eigenvalue weighted by atomic mass is 10.1. The molecule has 0 amide bonds. The Labute approximate surface area is 150 Å². The molecule has 2 aromatic carbocycles. The van der Waals surface area contributed by atoms with Gasteiger partial charge in [-0.15, -0.1) is 11.8 Å². The van der Waals surface area contributed by atoms with E-state index in [1.807, 2.05) is 0 Å². The molecule has 0 radical (unpaired) electrons. The summed E-state index contributed by atoms with van der Waals surface area (Å²) in [7, 11) is -7.33. The van der Waals surface area contributed by atoms with Crippen LogP contribution in [0.5, 0.6) is 0 Å². The molecule has 25 heavy (non-hydrogen) atoms. The Morgan fingerprint density at radius 1 is 0.920 bits per heavy atom. The standard InChI is InChI=1S/C16H16F2O4S3/c1-10(16-12(17)5-4-6-13(16)18)23-14-8-7-11(24(2,19)20)9-15(14)25(3,21)22/h4-10H,1-3H3/t10-/m0/s1. The van der Waals surface area contributed by atoms with Gasteiger partial charge < -0.3 is 0 Å². The summed E-state index contributed by atoms with van der Waals surface area (Å²) in [5.41, 5.74) is -0.167. The van der Waals surface area contributed by atoms with Gasteiger partial charge in [-0.1, -0.05) is 6.07 Å². The second kappa shape index (κ2) is 7.05. The first-order valence-corrected chi connectivity index (χ1v) is 11.7. The first-order valence-electron chi connectivity index (χ1n) is 7.06. The molecule has 0 aliphatic carbocycles. The number of hydrogen-bond donors (Lipinski definition) is 0. The zero-order valence-electron chi connectivity index (χ0n) is 13.7. The van der Waals surface area contributed by atoms with Gasteiger partial charge in [-0.2, -0.15) is 0 Å². The van der Waals surface area contributed by atoms with Crippen LogP contribution in [0.3, 0.4) is 0 Å². The van der Waals surface area contributed by atoms with Gasteiger partial charge in [0.05, 0.1) is 9.79 Å². The summed E-state index contributed by atoms with van der Waals surface area (Å²) < 4.78 is 75.2. The Bertz CT molecular complexity index is 995. The van der Waals surface area contributed by atoms with E-state index in [9.17, 15) is 25.6 Å². The average Bonchev–Trinajstić information content (AvgIpc) is 2.45. The van der Waals surface area contributed by atoms with E-state index in [4.69, 9.17) is 0 Å². The van der Waals surface area contributed by atoms with E-state index in [2.05, 4.69) is 0 Å². The van der Waals surface area contributed by atoms with Crippen LogP contribution in [0.2, 0.25) is 0 Å². The molecule has 0 N–H and O–H groups in total. The maximum absolute atomic E-state index is 13.9. The van der Waals surface area contributed by atoms with Crippen LogP contribution in [0.15, 0.2) is 51.1 Å². The Morgan fingerprint density at radius 3 is 1.96 bits per heavy atom.